The van der Waals surface area contributed by atoms with Crippen molar-refractivity contribution in [3.8, 4) is 5.75 Å². The number of hydrogen-bond acceptors (Lipinski definition) is 4. The number of aliphatic imine (C=N–C) groups is 1. The Morgan fingerprint density at radius 1 is 1.21 bits per heavy atom. The van der Waals surface area contributed by atoms with Crippen LogP contribution >= 0.6 is 0 Å². The molecule has 0 bridgehead atoms. The molecule has 0 spiro atoms. The van der Waals surface area contributed by atoms with Gasteiger partial charge >= 0.3 is 0 Å². The van der Waals surface area contributed by atoms with Gasteiger partial charge in [-0.2, -0.15) is 0 Å². The van der Waals surface area contributed by atoms with Crippen LogP contribution in [0.15, 0.2) is 35.3 Å². The summed E-state index contributed by atoms with van der Waals surface area (Å²) in [5.74, 6) is 2.57. The van der Waals surface area contributed by atoms with Crippen molar-refractivity contribution in [3.05, 3.63) is 30.3 Å². The molecular weight excluding hydrogens is 354 g/mol. The molecule has 2 heterocycles. The number of piperidine rings is 1. The number of likely N-dealkylation sites (tertiary alicyclic amines) is 1. The van der Waals surface area contributed by atoms with E-state index in [1.807, 2.05) is 30.3 Å². The first kappa shape index (κ1) is 20.9. The lowest BCUT2D eigenvalue weighted by atomic mass is 10.1. The molecule has 2 aliphatic heterocycles. The lowest BCUT2D eigenvalue weighted by Gasteiger charge is -2.34. The van der Waals surface area contributed by atoms with E-state index in [1.54, 1.807) is 0 Å². The number of nitrogens with one attached hydrogen (secondary N) is 1. The van der Waals surface area contributed by atoms with Gasteiger partial charge in [-0.25, -0.2) is 0 Å². The topological polar surface area (TPSA) is 55.3 Å². The molecule has 1 aromatic rings. The molecule has 0 amide bonds. The van der Waals surface area contributed by atoms with Gasteiger partial charge < -0.3 is 24.4 Å². The predicted octanol–water partition coefficient (Wildman–Crippen LogP) is 2.94. The summed E-state index contributed by atoms with van der Waals surface area (Å²) in [6.45, 7) is 9.08. The van der Waals surface area contributed by atoms with Crippen LogP contribution in [0.3, 0.4) is 0 Å². The van der Waals surface area contributed by atoms with Gasteiger partial charge in [-0.1, -0.05) is 18.2 Å². The van der Waals surface area contributed by atoms with Crippen LogP contribution in [0.4, 0.5) is 0 Å². The highest BCUT2D eigenvalue weighted by molar-refractivity contribution is 5.80. The minimum atomic E-state index is 0.287. The van der Waals surface area contributed by atoms with Crippen LogP contribution in [-0.4, -0.2) is 69.6 Å². The van der Waals surface area contributed by atoms with Crippen LogP contribution in [0, 0.1) is 5.92 Å². The fourth-order valence-corrected chi connectivity index (χ4v) is 3.62. The molecule has 0 saturated carbocycles. The van der Waals surface area contributed by atoms with E-state index in [-0.39, 0.29) is 6.10 Å². The van der Waals surface area contributed by atoms with E-state index < -0.39 is 0 Å². The average molecular weight is 390 g/mol. The summed E-state index contributed by atoms with van der Waals surface area (Å²) in [5, 5.41) is 3.43. The van der Waals surface area contributed by atoms with E-state index in [4.69, 9.17) is 19.2 Å². The number of nitrogens with zero attached hydrogens (tertiary/aromatic N) is 2. The van der Waals surface area contributed by atoms with E-state index >= 15 is 0 Å². The van der Waals surface area contributed by atoms with Crippen molar-refractivity contribution in [2.24, 2.45) is 10.9 Å². The van der Waals surface area contributed by atoms with Gasteiger partial charge in [0.05, 0.1) is 13.2 Å². The molecule has 156 valence electrons. The molecule has 2 aliphatic rings. The quantitative estimate of drug-likeness (QED) is 0.400. The van der Waals surface area contributed by atoms with Crippen molar-refractivity contribution >= 4 is 5.96 Å². The second kappa shape index (κ2) is 11.9. The molecule has 1 atom stereocenters. The largest absolute Gasteiger partial charge is 0.490 e. The standard InChI is InChI=1S/C22H35N3O3/c1-2-23-22(24-12-6-15-26-17-19-11-16-27-18-19)25-13-9-21(10-14-25)28-20-7-4-3-5-8-20/h3-5,7-8,19,21H,2,6,9-18H2,1H3,(H,23,24). The fraction of sp³-hybridized carbons (Fsp3) is 0.682. The van der Waals surface area contributed by atoms with Crippen LogP contribution in [0.1, 0.15) is 32.6 Å². The van der Waals surface area contributed by atoms with Gasteiger partial charge in [-0.3, -0.25) is 4.99 Å². The fourth-order valence-electron chi connectivity index (χ4n) is 3.62. The first-order valence-corrected chi connectivity index (χ1v) is 10.8. The van der Waals surface area contributed by atoms with Crippen molar-refractivity contribution in [2.75, 3.05) is 52.6 Å². The minimum Gasteiger partial charge on any atom is -0.490 e. The Hall–Kier alpha value is -1.79. The van der Waals surface area contributed by atoms with Gasteiger partial charge in [0.2, 0.25) is 0 Å². The smallest absolute Gasteiger partial charge is 0.193 e. The maximum atomic E-state index is 6.10. The Balaban J connectivity index is 1.35. The van der Waals surface area contributed by atoms with Crippen LogP contribution < -0.4 is 10.1 Å². The monoisotopic (exact) mass is 389 g/mol. The van der Waals surface area contributed by atoms with E-state index in [0.29, 0.717) is 5.92 Å². The Morgan fingerprint density at radius 2 is 2.04 bits per heavy atom. The molecule has 0 aromatic heterocycles. The zero-order valence-electron chi connectivity index (χ0n) is 17.1. The molecule has 2 saturated heterocycles. The summed E-state index contributed by atoms with van der Waals surface area (Å²) >= 11 is 0. The number of ether oxygens (including phenoxy) is 3. The summed E-state index contributed by atoms with van der Waals surface area (Å²) in [5.41, 5.74) is 0. The second-order valence-electron chi connectivity index (χ2n) is 7.51. The number of guanidine groups is 1. The van der Waals surface area contributed by atoms with Crippen LogP contribution in [-0.2, 0) is 9.47 Å². The van der Waals surface area contributed by atoms with Crippen molar-refractivity contribution in [2.45, 2.75) is 38.7 Å². The lowest BCUT2D eigenvalue weighted by Crippen LogP contribution is -2.47. The van der Waals surface area contributed by atoms with Crippen LogP contribution in [0.2, 0.25) is 0 Å². The summed E-state index contributed by atoms with van der Waals surface area (Å²) in [6, 6.07) is 10.1. The maximum absolute atomic E-state index is 6.10. The molecule has 6 heteroatoms. The predicted molar refractivity (Wildman–Crippen MR) is 112 cm³/mol. The molecule has 0 aliphatic carbocycles. The Morgan fingerprint density at radius 3 is 2.75 bits per heavy atom. The first-order chi connectivity index (χ1) is 13.8. The number of rotatable bonds is 9. The first-order valence-electron chi connectivity index (χ1n) is 10.8. The Kier molecular flexibility index (Phi) is 8.91. The highest BCUT2D eigenvalue weighted by atomic mass is 16.5. The van der Waals surface area contributed by atoms with Gasteiger partial charge in [0.1, 0.15) is 11.9 Å². The summed E-state index contributed by atoms with van der Waals surface area (Å²) in [6.07, 6.45) is 4.41. The number of para-hydroxylation sites is 1. The van der Waals surface area contributed by atoms with Gasteiger partial charge in [-0.15, -0.1) is 0 Å². The number of hydrogen-bond donors (Lipinski definition) is 1. The molecule has 28 heavy (non-hydrogen) atoms. The molecule has 2 fully saturated rings. The van der Waals surface area contributed by atoms with Crippen LogP contribution in [0.5, 0.6) is 5.75 Å². The third-order valence-corrected chi connectivity index (χ3v) is 5.21. The highest BCUT2D eigenvalue weighted by Gasteiger charge is 2.22. The summed E-state index contributed by atoms with van der Waals surface area (Å²) in [7, 11) is 0. The molecule has 6 nitrogen and oxygen atoms in total. The molecular formula is C22H35N3O3. The maximum Gasteiger partial charge on any atom is 0.193 e. The van der Waals surface area contributed by atoms with E-state index in [0.717, 1.165) is 90.0 Å². The molecule has 1 N–H and O–H groups in total. The summed E-state index contributed by atoms with van der Waals surface area (Å²) in [4.78, 5) is 7.15. The third-order valence-electron chi connectivity index (χ3n) is 5.21. The lowest BCUT2D eigenvalue weighted by molar-refractivity contribution is 0.0892. The van der Waals surface area contributed by atoms with Crippen molar-refractivity contribution in [1.82, 2.24) is 10.2 Å². The second-order valence-corrected chi connectivity index (χ2v) is 7.51. The normalized spacial score (nSPS) is 21.1. The van der Waals surface area contributed by atoms with E-state index in [1.165, 1.54) is 0 Å². The SMILES string of the molecule is CCNC(=NCCCOCC1CCOC1)N1CCC(Oc2ccccc2)CC1. The summed E-state index contributed by atoms with van der Waals surface area (Å²) < 4.78 is 17.3. The zero-order valence-corrected chi connectivity index (χ0v) is 17.1. The third kappa shape index (κ3) is 6.99. The zero-order chi connectivity index (χ0) is 19.4. The molecule has 0 radical (unpaired) electrons. The molecule has 1 aromatic carbocycles. The molecule has 3 rings (SSSR count). The van der Waals surface area contributed by atoms with Crippen molar-refractivity contribution in [3.63, 3.8) is 0 Å². The highest BCUT2D eigenvalue weighted by Crippen LogP contribution is 2.18. The average Bonchev–Trinajstić information content (AvgIpc) is 3.25. The molecule has 1 unspecified atom stereocenters. The van der Waals surface area contributed by atoms with Gasteiger partial charge in [0, 0.05) is 58.2 Å². The van der Waals surface area contributed by atoms with Crippen molar-refractivity contribution in [1.29, 1.82) is 0 Å². The van der Waals surface area contributed by atoms with E-state index in [2.05, 4.69) is 17.1 Å². The minimum absolute atomic E-state index is 0.287. The Labute approximate surface area is 169 Å². The number of benzene rings is 1. The van der Waals surface area contributed by atoms with E-state index in [9.17, 15) is 0 Å². The van der Waals surface area contributed by atoms with Gasteiger partial charge in [0.15, 0.2) is 5.96 Å². The van der Waals surface area contributed by atoms with Gasteiger partial charge in [0.25, 0.3) is 0 Å². The van der Waals surface area contributed by atoms with Crippen molar-refractivity contribution < 1.29 is 14.2 Å². The van der Waals surface area contributed by atoms with Crippen LogP contribution in [0.25, 0.3) is 0 Å². The van der Waals surface area contributed by atoms with Gasteiger partial charge in [-0.05, 0) is 31.9 Å². The Bertz CT molecular complexity index is 568.